The largest absolute Gasteiger partial charge is 0.466 e. The van der Waals surface area contributed by atoms with Gasteiger partial charge in [0.25, 0.3) is 0 Å². The number of likely N-dealkylation sites (N-methyl/N-ethyl adjacent to an activating group) is 1. The SMILES string of the molecule is C=N/C=C(/C(=O)OC1(C(=O)OC)CNC1)N(C)[C@H](C)c1ccccc1. The predicted octanol–water partition coefficient (Wildman–Crippen LogP) is 1.28. The molecule has 1 aromatic rings. The van der Waals surface area contributed by atoms with Crippen molar-refractivity contribution in [3.63, 3.8) is 0 Å². The fourth-order valence-electron chi connectivity index (χ4n) is 2.56. The first-order valence-corrected chi connectivity index (χ1v) is 7.91. The number of hydrogen-bond donors (Lipinski definition) is 1. The molecule has 0 bridgehead atoms. The summed E-state index contributed by atoms with van der Waals surface area (Å²) in [6.45, 7) is 5.81. The van der Waals surface area contributed by atoms with E-state index in [0.717, 1.165) is 5.56 Å². The van der Waals surface area contributed by atoms with E-state index < -0.39 is 17.5 Å². The third kappa shape index (κ3) is 3.88. The van der Waals surface area contributed by atoms with Crippen LogP contribution in [0.5, 0.6) is 0 Å². The summed E-state index contributed by atoms with van der Waals surface area (Å²) in [7, 11) is 3.03. The van der Waals surface area contributed by atoms with E-state index in [1.807, 2.05) is 37.3 Å². The minimum absolute atomic E-state index is 0.102. The molecule has 134 valence electrons. The molecule has 1 saturated heterocycles. The average molecular weight is 345 g/mol. The summed E-state index contributed by atoms with van der Waals surface area (Å²) >= 11 is 0. The number of methoxy groups -OCH3 is 1. The molecule has 0 aromatic heterocycles. The van der Waals surface area contributed by atoms with E-state index in [9.17, 15) is 9.59 Å². The molecule has 0 radical (unpaired) electrons. The Morgan fingerprint density at radius 2 is 2.00 bits per heavy atom. The molecule has 25 heavy (non-hydrogen) atoms. The van der Waals surface area contributed by atoms with Gasteiger partial charge in [-0.3, -0.25) is 4.99 Å². The van der Waals surface area contributed by atoms with Crippen molar-refractivity contribution < 1.29 is 19.1 Å². The maximum Gasteiger partial charge on any atom is 0.357 e. The summed E-state index contributed by atoms with van der Waals surface area (Å²) in [5, 5.41) is 2.92. The summed E-state index contributed by atoms with van der Waals surface area (Å²) in [6, 6.07) is 9.62. The van der Waals surface area contributed by atoms with Gasteiger partial charge in [0.2, 0.25) is 5.60 Å². The van der Waals surface area contributed by atoms with Gasteiger partial charge in [-0.25, -0.2) is 9.59 Å². The second kappa shape index (κ2) is 7.94. The molecular weight excluding hydrogens is 322 g/mol. The lowest BCUT2D eigenvalue weighted by Crippen LogP contribution is -2.67. The van der Waals surface area contributed by atoms with Crippen molar-refractivity contribution in [3.05, 3.63) is 47.8 Å². The van der Waals surface area contributed by atoms with Crippen LogP contribution in [0.25, 0.3) is 0 Å². The second-order valence-electron chi connectivity index (χ2n) is 5.87. The van der Waals surface area contributed by atoms with Crippen molar-refractivity contribution in [2.24, 2.45) is 4.99 Å². The van der Waals surface area contributed by atoms with Crippen LogP contribution in [0.3, 0.4) is 0 Å². The molecule has 1 fully saturated rings. The highest BCUT2D eigenvalue weighted by Gasteiger charge is 2.50. The van der Waals surface area contributed by atoms with E-state index in [-0.39, 0.29) is 24.8 Å². The molecule has 1 aromatic carbocycles. The monoisotopic (exact) mass is 345 g/mol. The Kier molecular flexibility index (Phi) is 5.93. The van der Waals surface area contributed by atoms with Gasteiger partial charge >= 0.3 is 11.9 Å². The Hall–Kier alpha value is -2.67. The summed E-state index contributed by atoms with van der Waals surface area (Å²) in [4.78, 5) is 30.1. The Bertz CT molecular complexity index is 668. The van der Waals surface area contributed by atoms with E-state index in [1.54, 1.807) is 11.9 Å². The standard InChI is InChI=1S/C18H23N3O4/c1-13(14-8-6-5-7-9-14)21(3)15(10-19-2)16(22)25-18(11-20-12-18)17(23)24-4/h5-10,13,20H,2,11-12H2,1,3-4H3/b15-10-/t13-/m1/s1. The van der Waals surface area contributed by atoms with Gasteiger partial charge < -0.3 is 19.7 Å². The minimum atomic E-state index is -1.29. The first-order valence-electron chi connectivity index (χ1n) is 7.91. The molecule has 1 heterocycles. The van der Waals surface area contributed by atoms with Crippen LogP contribution >= 0.6 is 0 Å². The minimum Gasteiger partial charge on any atom is -0.466 e. The Balaban J connectivity index is 2.19. The van der Waals surface area contributed by atoms with Crippen LogP contribution in [-0.2, 0) is 19.1 Å². The quantitative estimate of drug-likeness (QED) is 0.456. The highest BCUT2D eigenvalue weighted by atomic mass is 16.6. The van der Waals surface area contributed by atoms with Gasteiger partial charge in [-0.2, -0.15) is 0 Å². The Labute approximate surface area is 147 Å². The van der Waals surface area contributed by atoms with Gasteiger partial charge in [0.1, 0.15) is 5.70 Å². The van der Waals surface area contributed by atoms with Crippen molar-refractivity contribution in [2.75, 3.05) is 27.2 Å². The summed E-state index contributed by atoms with van der Waals surface area (Å²) < 4.78 is 10.2. The molecule has 0 unspecified atom stereocenters. The lowest BCUT2D eigenvalue weighted by molar-refractivity contribution is -0.185. The first-order chi connectivity index (χ1) is 11.9. The highest BCUT2D eigenvalue weighted by molar-refractivity contribution is 5.92. The summed E-state index contributed by atoms with van der Waals surface area (Å²) in [5.74, 6) is -1.23. The Morgan fingerprint density at radius 1 is 1.36 bits per heavy atom. The number of nitrogens with one attached hydrogen (secondary N) is 1. The fraction of sp³-hybridized carbons (Fsp3) is 0.389. The van der Waals surface area contributed by atoms with E-state index in [1.165, 1.54) is 13.3 Å². The molecule has 1 atom stereocenters. The van der Waals surface area contributed by atoms with Gasteiger partial charge in [-0.05, 0) is 19.2 Å². The molecule has 2 rings (SSSR count). The van der Waals surface area contributed by atoms with Crippen molar-refractivity contribution in [2.45, 2.75) is 18.6 Å². The molecule has 0 aliphatic carbocycles. The smallest absolute Gasteiger partial charge is 0.357 e. The average Bonchev–Trinajstić information content (AvgIpc) is 2.61. The van der Waals surface area contributed by atoms with Gasteiger partial charge in [0, 0.05) is 20.1 Å². The van der Waals surface area contributed by atoms with E-state index in [4.69, 9.17) is 9.47 Å². The van der Waals surface area contributed by atoms with Crippen LogP contribution in [0.1, 0.15) is 18.5 Å². The van der Waals surface area contributed by atoms with Crippen LogP contribution < -0.4 is 5.32 Å². The summed E-state index contributed by atoms with van der Waals surface area (Å²) in [6.07, 6.45) is 1.33. The lowest BCUT2D eigenvalue weighted by Gasteiger charge is -2.39. The number of hydrogen-bond acceptors (Lipinski definition) is 7. The van der Waals surface area contributed by atoms with Crippen molar-refractivity contribution in [1.82, 2.24) is 10.2 Å². The number of rotatable bonds is 7. The molecule has 1 aliphatic rings. The number of ether oxygens (including phenoxy) is 2. The van der Waals surface area contributed by atoms with Crippen LogP contribution in [0, 0.1) is 0 Å². The number of benzene rings is 1. The van der Waals surface area contributed by atoms with Crippen LogP contribution in [-0.4, -0.2) is 56.4 Å². The number of nitrogens with zero attached hydrogens (tertiary/aromatic N) is 2. The Morgan fingerprint density at radius 3 is 2.48 bits per heavy atom. The van der Waals surface area contributed by atoms with Crippen LogP contribution in [0.15, 0.2) is 47.2 Å². The van der Waals surface area contributed by atoms with Gasteiger partial charge in [0.05, 0.1) is 19.4 Å². The number of carbonyl (C=O) groups is 2. The number of aliphatic imine (C=N–C) groups is 1. The molecule has 7 heteroatoms. The molecule has 1 aliphatic heterocycles. The molecule has 1 N–H and O–H groups in total. The second-order valence-corrected chi connectivity index (χ2v) is 5.87. The molecule has 0 amide bonds. The highest BCUT2D eigenvalue weighted by Crippen LogP contribution is 2.26. The molecule has 7 nitrogen and oxygen atoms in total. The van der Waals surface area contributed by atoms with E-state index in [0.29, 0.717) is 0 Å². The third-order valence-corrected chi connectivity index (χ3v) is 4.33. The zero-order valence-electron chi connectivity index (χ0n) is 14.7. The summed E-state index contributed by atoms with van der Waals surface area (Å²) in [5.41, 5.74) is -0.0505. The number of carbonyl (C=O) groups excluding carboxylic acids is 2. The zero-order valence-corrected chi connectivity index (χ0v) is 14.7. The fourth-order valence-corrected chi connectivity index (χ4v) is 2.56. The first kappa shape index (κ1) is 18.7. The topological polar surface area (TPSA) is 80.2 Å². The number of esters is 2. The van der Waals surface area contributed by atoms with Gasteiger partial charge in [0.15, 0.2) is 0 Å². The lowest BCUT2D eigenvalue weighted by atomic mass is 9.97. The normalized spacial score (nSPS) is 17.0. The van der Waals surface area contributed by atoms with Gasteiger partial charge in [-0.1, -0.05) is 30.3 Å². The van der Waals surface area contributed by atoms with Crippen LogP contribution in [0.4, 0.5) is 0 Å². The maximum absolute atomic E-state index is 12.7. The molecular formula is C18H23N3O4. The van der Waals surface area contributed by atoms with E-state index in [2.05, 4.69) is 17.0 Å². The predicted molar refractivity (Wildman–Crippen MR) is 94.0 cm³/mol. The van der Waals surface area contributed by atoms with Gasteiger partial charge in [-0.15, -0.1) is 0 Å². The van der Waals surface area contributed by atoms with Crippen LogP contribution in [0.2, 0.25) is 0 Å². The third-order valence-electron chi connectivity index (χ3n) is 4.33. The van der Waals surface area contributed by atoms with Crippen molar-refractivity contribution >= 4 is 18.7 Å². The molecule has 0 spiro atoms. The maximum atomic E-state index is 12.7. The molecule has 0 saturated carbocycles. The van der Waals surface area contributed by atoms with E-state index >= 15 is 0 Å². The van der Waals surface area contributed by atoms with Crippen molar-refractivity contribution in [1.29, 1.82) is 0 Å². The van der Waals surface area contributed by atoms with Crippen molar-refractivity contribution in [3.8, 4) is 0 Å². The zero-order chi connectivity index (χ0) is 18.4.